The zero-order chi connectivity index (χ0) is 10.4. The van der Waals surface area contributed by atoms with Crippen molar-refractivity contribution in [1.82, 2.24) is 5.48 Å². The van der Waals surface area contributed by atoms with Crippen LogP contribution in [0.1, 0.15) is 5.56 Å². The van der Waals surface area contributed by atoms with E-state index in [0.29, 0.717) is 11.3 Å². The molecule has 72 valence electrons. The average Bonchev–Trinajstić information content (AvgIpc) is 2.19. The van der Waals surface area contributed by atoms with Gasteiger partial charge < -0.3 is 5.32 Å². The van der Waals surface area contributed by atoms with Gasteiger partial charge in [-0.1, -0.05) is 0 Å². The van der Waals surface area contributed by atoms with Gasteiger partial charge in [-0.25, -0.2) is 10.3 Å². The molecule has 0 aliphatic heterocycles. The minimum Gasteiger partial charge on any atom is -0.306 e. The number of carbonyl (C=O) groups is 1. The van der Waals surface area contributed by atoms with Gasteiger partial charge in [0.05, 0.1) is 18.7 Å². The SMILES string of the molecule is CONC(=O)Nc1ccc(C#N)cc1. The van der Waals surface area contributed by atoms with Crippen LogP contribution < -0.4 is 10.8 Å². The Kier molecular flexibility index (Phi) is 3.47. The number of carbonyl (C=O) groups excluding carboxylic acids is 1. The Hall–Kier alpha value is -2.06. The smallest absolute Gasteiger partial charge is 0.306 e. The zero-order valence-electron chi connectivity index (χ0n) is 7.57. The van der Waals surface area contributed by atoms with Crippen LogP contribution in [0.5, 0.6) is 0 Å². The molecule has 0 atom stereocenters. The molecule has 0 bridgehead atoms. The summed E-state index contributed by atoms with van der Waals surface area (Å²) in [7, 11) is 1.35. The van der Waals surface area contributed by atoms with Crippen LogP contribution in [0.2, 0.25) is 0 Å². The summed E-state index contributed by atoms with van der Waals surface area (Å²) in [6.07, 6.45) is 0. The molecule has 5 nitrogen and oxygen atoms in total. The Morgan fingerprint density at radius 1 is 1.43 bits per heavy atom. The van der Waals surface area contributed by atoms with Gasteiger partial charge in [0.15, 0.2) is 0 Å². The molecule has 0 radical (unpaired) electrons. The third kappa shape index (κ3) is 2.77. The number of hydroxylamine groups is 1. The van der Waals surface area contributed by atoms with E-state index in [1.165, 1.54) is 7.11 Å². The van der Waals surface area contributed by atoms with Crippen molar-refractivity contribution in [3.63, 3.8) is 0 Å². The molecule has 0 heterocycles. The number of amides is 2. The van der Waals surface area contributed by atoms with E-state index >= 15 is 0 Å². The first-order chi connectivity index (χ1) is 6.76. The molecule has 0 saturated heterocycles. The van der Waals surface area contributed by atoms with E-state index in [0.717, 1.165) is 0 Å². The van der Waals surface area contributed by atoms with Crippen LogP contribution in [0.25, 0.3) is 0 Å². The summed E-state index contributed by atoms with van der Waals surface area (Å²) < 4.78 is 0. The molecule has 14 heavy (non-hydrogen) atoms. The number of benzene rings is 1. The van der Waals surface area contributed by atoms with Crippen molar-refractivity contribution in [2.24, 2.45) is 0 Å². The summed E-state index contributed by atoms with van der Waals surface area (Å²) in [4.78, 5) is 15.4. The highest BCUT2D eigenvalue weighted by Gasteiger charge is 1.99. The van der Waals surface area contributed by atoms with Gasteiger partial charge in [0.1, 0.15) is 0 Å². The Bertz CT molecular complexity index is 353. The Balaban J connectivity index is 2.61. The van der Waals surface area contributed by atoms with E-state index in [9.17, 15) is 4.79 Å². The third-order valence-corrected chi connectivity index (χ3v) is 1.47. The van der Waals surface area contributed by atoms with Crippen molar-refractivity contribution in [3.05, 3.63) is 29.8 Å². The van der Waals surface area contributed by atoms with Crippen molar-refractivity contribution >= 4 is 11.7 Å². The number of hydrogen-bond donors (Lipinski definition) is 2. The minimum atomic E-state index is -0.461. The van der Waals surface area contributed by atoms with Gasteiger partial charge in [-0.3, -0.25) is 4.84 Å². The van der Waals surface area contributed by atoms with Crippen LogP contribution in [0.4, 0.5) is 10.5 Å². The second-order valence-electron chi connectivity index (χ2n) is 2.45. The second kappa shape index (κ2) is 4.84. The summed E-state index contributed by atoms with van der Waals surface area (Å²) in [5, 5.41) is 11.0. The molecule has 5 heteroatoms. The van der Waals surface area contributed by atoms with Gasteiger partial charge in [-0.15, -0.1) is 0 Å². The van der Waals surface area contributed by atoms with Crippen LogP contribution >= 0.6 is 0 Å². The molecule has 1 rings (SSSR count). The van der Waals surface area contributed by atoms with Gasteiger partial charge in [0, 0.05) is 5.69 Å². The van der Waals surface area contributed by atoms with Crippen molar-refractivity contribution in [3.8, 4) is 6.07 Å². The van der Waals surface area contributed by atoms with Crippen LogP contribution in [-0.4, -0.2) is 13.1 Å². The topological polar surface area (TPSA) is 74.2 Å². The molecular formula is C9H9N3O2. The first-order valence-corrected chi connectivity index (χ1v) is 3.86. The minimum absolute atomic E-state index is 0.461. The average molecular weight is 191 g/mol. The van der Waals surface area contributed by atoms with E-state index in [1.54, 1.807) is 24.3 Å². The van der Waals surface area contributed by atoms with E-state index in [-0.39, 0.29) is 0 Å². The molecule has 0 aromatic heterocycles. The Morgan fingerprint density at radius 2 is 2.07 bits per heavy atom. The number of rotatable bonds is 2. The summed E-state index contributed by atoms with van der Waals surface area (Å²) in [6.45, 7) is 0. The molecule has 0 fully saturated rings. The predicted octanol–water partition coefficient (Wildman–Crippen LogP) is 1.24. The molecule has 0 saturated carbocycles. The highest BCUT2D eigenvalue weighted by Crippen LogP contribution is 2.08. The van der Waals surface area contributed by atoms with Gasteiger partial charge in [0.25, 0.3) is 0 Å². The highest BCUT2D eigenvalue weighted by atomic mass is 16.6. The van der Waals surface area contributed by atoms with Gasteiger partial charge >= 0.3 is 6.03 Å². The number of urea groups is 1. The van der Waals surface area contributed by atoms with Crippen molar-refractivity contribution in [2.75, 3.05) is 12.4 Å². The number of nitriles is 1. The van der Waals surface area contributed by atoms with E-state index in [4.69, 9.17) is 5.26 Å². The molecule has 1 aromatic rings. The normalized spacial score (nSPS) is 8.86. The molecule has 0 unspecified atom stereocenters. The zero-order valence-corrected chi connectivity index (χ0v) is 7.57. The molecule has 2 N–H and O–H groups in total. The largest absolute Gasteiger partial charge is 0.343 e. The van der Waals surface area contributed by atoms with Crippen molar-refractivity contribution < 1.29 is 9.63 Å². The predicted molar refractivity (Wildman–Crippen MR) is 50.3 cm³/mol. The first kappa shape index (κ1) is 10.0. The maximum atomic E-state index is 11.0. The lowest BCUT2D eigenvalue weighted by atomic mass is 10.2. The highest BCUT2D eigenvalue weighted by molar-refractivity contribution is 5.88. The van der Waals surface area contributed by atoms with Crippen LogP contribution in [0, 0.1) is 11.3 Å². The lowest BCUT2D eigenvalue weighted by molar-refractivity contribution is 0.114. The lowest BCUT2D eigenvalue weighted by Gasteiger charge is -2.04. The number of hydrogen-bond acceptors (Lipinski definition) is 3. The summed E-state index contributed by atoms with van der Waals surface area (Å²) in [5.74, 6) is 0. The molecule has 0 spiro atoms. The monoisotopic (exact) mass is 191 g/mol. The fourth-order valence-electron chi connectivity index (χ4n) is 0.877. The lowest BCUT2D eigenvalue weighted by Crippen LogP contribution is -2.27. The molecule has 1 aromatic carbocycles. The molecule has 0 aliphatic rings. The molecule has 2 amide bonds. The van der Waals surface area contributed by atoms with Crippen LogP contribution in [0.15, 0.2) is 24.3 Å². The molecule has 0 aliphatic carbocycles. The number of nitrogens with zero attached hydrogens (tertiary/aromatic N) is 1. The maximum absolute atomic E-state index is 11.0. The Morgan fingerprint density at radius 3 is 2.57 bits per heavy atom. The standard InChI is InChI=1S/C9H9N3O2/c1-14-12-9(13)11-8-4-2-7(6-10)3-5-8/h2-5H,1H3,(H2,11,12,13). The summed E-state index contributed by atoms with van der Waals surface area (Å²) in [6, 6.07) is 8.01. The maximum Gasteiger partial charge on any atom is 0.343 e. The quantitative estimate of drug-likeness (QED) is 0.690. The van der Waals surface area contributed by atoms with Gasteiger partial charge in [-0.05, 0) is 24.3 Å². The van der Waals surface area contributed by atoms with Gasteiger partial charge in [-0.2, -0.15) is 5.26 Å². The van der Waals surface area contributed by atoms with Crippen LogP contribution in [-0.2, 0) is 4.84 Å². The van der Waals surface area contributed by atoms with E-state index in [1.807, 2.05) is 6.07 Å². The fourth-order valence-corrected chi connectivity index (χ4v) is 0.877. The van der Waals surface area contributed by atoms with Crippen LogP contribution in [0.3, 0.4) is 0 Å². The molecular weight excluding hydrogens is 182 g/mol. The first-order valence-electron chi connectivity index (χ1n) is 3.86. The summed E-state index contributed by atoms with van der Waals surface area (Å²) in [5.41, 5.74) is 3.25. The van der Waals surface area contributed by atoms with Crippen molar-refractivity contribution in [2.45, 2.75) is 0 Å². The third-order valence-electron chi connectivity index (χ3n) is 1.47. The number of anilines is 1. The Labute approximate surface area is 81.2 Å². The fraction of sp³-hybridized carbons (Fsp3) is 0.111. The van der Waals surface area contributed by atoms with E-state index < -0.39 is 6.03 Å². The number of nitrogens with one attached hydrogen (secondary N) is 2. The second-order valence-corrected chi connectivity index (χ2v) is 2.45. The summed E-state index contributed by atoms with van der Waals surface area (Å²) >= 11 is 0. The van der Waals surface area contributed by atoms with Gasteiger partial charge in [0.2, 0.25) is 0 Å². The van der Waals surface area contributed by atoms with E-state index in [2.05, 4.69) is 15.6 Å². The van der Waals surface area contributed by atoms with Crippen molar-refractivity contribution in [1.29, 1.82) is 5.26 Å².